The van der Waals surface area contributed by atoms with Crippen LogP contribution >= 0.6 is 0 Å². The molecule has 0 radical (unpaired) electrons. The van der Waals surface area contributed by atoms with Crippen molar-refractivity contribution in [2.24, 2.45) is 11.8 Å². The summed E-state index contributed by atoms with van der Waals surface area (Å²) in [6, 6.07) is 4.65. The molecule has 1 spiro atoms. The van der Waals surface area contributed by atoms with E-state index < -0.39 is 0 Å². The van der Waals surface area contributed by atoms with Crippen LogP contribution in [-0.2, 0) is 11.3 Å². The van der Waals surface area contributed by atoms with E-state index in [-0.39, 0.29) is 5.60 Å². The predicted octanol–water partition coefficient (Wildman–Crippen LogP) is 4.06. The van der Waals surface area contributed by atoms with Crippen LogP contribution in [0, 0.1) is 18.8 Å². The fourth-order valence-electron chi connectivity index (χ4n) is 5.96. The number of likely N-dealkylation sites (tertiary alicyclic amines) is 1. The summed E-state index contributed by atoms with van der Waals surface area (Å²) >= 11 is 0. The minimum Gasteiger partial charge on any atom is -0.494 e. The Morgan fingerprint density at radius 3 is 2.79 bits per heavy atom. The Bertz CT molecular complexity index is 717. The number of fused-ring (bicyclic) bond motifs is 1. The number of benzene rings is 1. The first kappa shape index (κ1) is 20.2. The van der Waals surface area contributed by atoms with Crippen LogP contribution in [0.5, 0.6) is 5.75 Å². The van der Waals surface area contributed by atoms with Gasteiger partial charge in [0.25, 0.3) is 0 Å². The number of aryl methyl sites for hydroxylation is 1. The molecule has 4 rings (SSSR count). The summed E-state index contributed by atoms with van der Waals surface area (Å²) in [7, 11) is 4.39. The molecule has 0 aromatic heterocycles. The van der Waals surface area contributed by atoms with Crippen molar-refractivity contribution >= 4 is 0 Å². The van der Waals surface area contributed by atoms with Crippen LogP contribution in [0.25, 0.3) is 0 Å². The fraction of sp³-hybridized carbons (Fsp3) is 0.750. The van der Waals surface area contributed by atoms with Gasteiger partial charge in [-0.2, -0.15) is 0 Å². The molecule has 0 amide bonds. The number of rotatable bonds is 7. The highest BCUT2D eigenvalue weighted by Crippen LogP contribution is 2.55. The number of hydrogen-bond acceptors (Lipinski definition) is 4. The zero-order valence-corrected chi connectivity index (χ0v) is 18.6. The monoisotopic (exact) mass is 386 g/mol. The third-order valence-electron chi connectivity index (χ3n) is 7.21. The van der Waals surface area contributed by atoms with Crippen LogP contribution in [0.15, 0.2) is 12.1 Å². The Morgan fingerprint density at radius 1 is 1.32 bits per heavy atom. The number of hydrogen-bond donors (Lipinski definition) is 0. The van der Waals surface area contributed by atoms with Gasteiger partial charge in [-0.3, -0.25) is 4.90 Å². The molecule has 156 valence electrons. The second-order valence-corrected chi connectivity index (χ2v) is 9.87. The minimum atomic E-state index is 0.130. The Kier molecular flexibility index (Phi) is 5.49. The summed E-state index contributed by atoms with van der Waals surface area (Å²) in [6.07, 6.45) is 3.00. The van der Waals surface area contributed by atoms with Crippen LogP contribution in [0.3, 0.4) is 0 Å². The molecule has 4 heteroatoms. The number of ether oxygens (including phenoxy) is 2. The molecule has 3 saturated heterocycles. The lowest BCUT2D eigenvalue weighted by atomic mass is 9.73. The highest BCUT2D eigenvalue weighted by atomic mass is 16.5. The van der Waals surface area contributed by atoms with Gasteiger partial charge in [0.05, 0.1) is 18.3 Å². The molecular weight excluding hydrogens is 348 g/mol. The van der Waals surface area contributed by atoms with Crippen molar-refractivity contribution in [1.82, 2.24) is 9.80 Å². The average molecular weight is 387 g/mol. The molecule has 0 N–H and O–H groups in total. The topological polar surface area (TPSA) is 24.9 Å². The first-order chi connectivity index (χ1) is 13.3. The quantitative estimate of drug-likeness (QED) is 0.706. The van der Waals surface area contributed by atoms with E-state index in [1.807, 2.05) is 0 Å². The lowest BCUT2D eigenvalue weighted by Crippen LogP contribution is -2.40. The molecule has 3 fully saturated rings. The maximum atomic E-state index is 6.62. The molecule has 28 heavy (non-hydrogen) atoms. The van der Waals surface area contributed by atoms with Gasteiger partial charge in [-0.1, -0.05) is 19.9 Å². The zero-order valence-electron chi connectivity index (χ0n) is 18.6. The first-order valence-electron chi connectivity index (χ1n) is 11.1. The van der Waals surface area contributed by atoms with Gasteiger partial charge in [-0.05, 0) is 69.5 Å². The Morgan fingerprint density at radius 2 is 2.11 bits per heavy atom. The predicted molar refractivity (Wildman–Crippen MR) is 114 cm³/mol. The summed E-state index contributed by atoms with van der Waals surface area (Å²) in [4.78, 5) is 5.00. The lowest BCUT2D eigenvalue weighted by molar-refractivity contribution is 0.00143. The van der Waals surface area contributed by atoms with E-state index in [0.717, 1.165) is 32.0 Å². The van der Waals surface area contributed by atoms with Crippen molar-refractivity contribution < 1.29 is 9.47 Å². The standard InChI is InChI=1S/C24H38N2O2/c1-7-27-23-10-17(4)18(11-19(23)16(2)3)12-26-14-21-20(13-25(5)6)22-8-9-24(21,15-26)28-22/h10-11,16,20-22H,7-9,12-15H2,1-6H3/t20-,21+,22+,24+/m1/s1. The van der Waals surface area contributed by atoms with Crippen LogP contribution in [-0.4, -0.2) is 61.8 Å². The summed E-state index contributed by atoms with van der Waals surface area (Å²) < 4.78 is 12.5. The van der Waals surface area contributed by atoms with E-state index in [4.69, 9.17) is 9.47 Å². The molecule has 3 heterocycles. The smallest absolute Gasteiger partial charge is 0.123 e. The number of nitrogens with zero attached hydrogens (tertiary/aromatic N) is 2. The molecular formula is C24H38N2O2. The van der Waals surface area contributed by atoms with Gasteiger partial charge >= 0.3 is 0 Å². The van der Waals surface area contributed by atoms with Crippen LogP contribution in [0.2, 0.25) is 0 Å². The molecule has 3 aliphatic rings. The van der Waals surface area contributed by atoms with E-state index in [0.29, 0.717) is 23.9 Å². The highest BCUT2D eigenvalue weighted by Gasteiger charge is 2.62. The highest BCUT2D eigenvalue weighted by molar-refractivity contribution is 5.44. The first-order valence-corrected chi connectivity index (χ1v) is 11.1. The van der Waals surface area contributed by atoms with Gasteiger partial charge in [-0.15, -0.1) is 0 Å². The average Bonchev–Trinajstić information content (AvgIpc) is 3.26. The normalized spacial score (nSPS) is 31.9. The zero-order chi connectivity index (χ0) is 20.1. The molecule has 0 unspecified atom stereocenters. The van der Waals surface area contributed by atoms with Gasteiger partial charge < -0.3 is 14.4 Å². The van der Waals surface area contributed by atoms with E-state index in [1.54, 1.807) is 0 Å². The van der Waals surface area contributed by atoms with Crippen LogP contribution in [0.1, 0.15) is 56.2 Å². The molecule has 0 saturated carbocycles. The van der Waals surface area contributed by atoms with Crippen molar-refractivity contribution in [3.05, 3.63) is 28.8 Å². The largest absolute Gasteiger partial charge is 0.494 e. The van der Waals surface area contributed by atoms with E-state index in [2.05, 4.69) is 63.7 Å². The summed E-state index contributed by atoms with van der Waals surface area (Å²) in [5, 5.41) is 0. The van der Waals surface area contributed by atoms with Crippen LogP contribution in [0.4, 0.5) is 0 Å². The Balaban J connectivity index is 1.52. The second-order valence-electron chi connectivity index (χ2n) is 9.87. The van der Waals surface area contributed by atoms with Crippen molar-refractivity contribution in [2.75, 3.05) is 40.3 Å². The Labute approximate surface area is 171 Å². The molecule has 1 aromatic rings. The Hall–Kier alpha value is -1.10. The van der Waals surface area contributed by atoms with E-state index in [1.165, 1.54) is 36.1 Å². The summed E-state index contributed by atoms with van der Waals surface area (Å²) in [5.41, 5.74) is 4.26. The van der Waals surface area contributed by atoms with E-state index in [9.17, 15) is 0 Å². The second kappa shape index (κ2) is 7.62. The third-order valence-corrected chi connectivity index (χ3v) is 7.21. The third kappa shape index (κ3) is 3.48. The molecule has 2 bridgehead atoms. The van der Waals surface area contributed by atoms with Crippen molar-refractivity contribution in [3.8, 4) is 5.75 Å². The van der Waals surface area contributed by atoms with Crippen molar-refractivity contribution in [2.45, 2.75) is 64.7 Å². The van der Waals surface area contributed by atoms with Crippen molar-refractivity contribution in [3.63, 3.8) is 0 Å². The summed E-state index contributed by atoms with van der Waals surface area (Å²) in [5.74, 6) is 2.92. The molecule has 3 aliphatic heterocycles. The molecule has 1 aromatic carbocycles. The fourth-order valence-corrected chi connectivity index (χ4v) is 5.96. The van der Waals surface area contributed by atoms with Gasteiger partial charge in [0.1, 0.15) is 5.75 Å². The molecule has 4 nitrogen and oxygen atoms in total. The maximum Gasteiger partial charge on any atom is 0.123 e. The summed E-state index contributed by atoms with van der Waals surface area (Å²) in [6.45, 7) is 14.0. The molecule has 4 atom stereocenters. The van der Waals surface area contributed by atoms with Crippen molar-refractivity contribution in [1.29, 1.82) is 0 Å². The van der Waals surface area contributed by atoms with E-state index >= 15 is 0 Å². The maximum absolute atomic E-state index is 6.62. The molecule has 0 aliphatic carbocycles. The SMILES string of the molecule is CCOc1cc(C)c(CN2C[C@H]3[C@@H](CN(C)C)[C@@H]4CC[C@@]3(C2)O4)cc1C(C)C. The minimum absolute atomic E-state index is 0.130. The lowest BCUT2D eigenvalue weighted by Gasteiger charge is -2.31. The van der Waals surface area contributed by atoms with Gasteiger partial charge in [-0.25, -0.2) is 0 Å². The van der Waals surface area contributed by atoms with Gasteiger partial charge in [0.15, 0.2) is 0 Å². The van der Waals surface area contributed by atoms with Gasteiger partial charge in [0, 0.05) is 38.0 Å². The van der Waals surface area contributed by atoms with Gasteiger partial charge in [0.2, 0.25) is 0 Å². The van der Waals surface area contributed by atoms with Crippen LogP contribution < -0.4 is 4.74 Å².